The molecule has 1 aromatic heterocycles. The van der Waals surface area contributed by atoms with Crippen molar-refractivity contribution in [2.75, 3.05) is 17.2 Å². The van der Waals surface area contributed by atoms with Crippen LogP contribution in [0.25, 0.3) is 5.70 Å². The van der Waals surface area contributed by atoms with E-state index in [2.05, 4.69) is 22.2 Å². The van der Waals surface area contributed by atoms with Crippen LogP contribution in [0.3, 0.4) is 0 Å². The fraction of sp³-hybridized carbons (Fsp3) is 0.133. The first-order valence-corrected chi connectivity index (χ1v) is 6.97. The van der Waals surface area contributed by atoms with E-state index in [-0.39, 0.29) is 0 Å². The predicted octanol–water partition coefficient (Wildman–Crippen LogP) is 4.90. The first-order valence-electron chi connectivity index (χ1n) is 6.21. The second-order valence-electron chi connectivity index (χ2n) is 4.20. The van der Waals surface area contributed by atoms with E-state index in [1.165, 1.54) is 0 Å². The van der Waals surface area contributed by atoms with Crippen molar-refractivity contribution in [3.05, 3.63) is 58.7 Å². The normalized spacial score (nSPS) is 10.2. The van der Waals surface area contributed by atoms with Crippen LogP contribution in [0.4, 0.5) is 11.5 Å². The summed E-state index contributed by atoms with van der Waals surface area (Å²) in [5.74, 6) is 0.675. The van der Waals surface area contributed by atoms with E-state index in [0.29, 0.717) is 21.6 Å². The SMILES string of the molecule is C=C(Nc1cccc(Cl)c1)c1cnc(NCC)c(Cl)c1. The zero-order valence-corrected chi connectivity index (χ0v) is 12.6. The minimum atomic E-state index is 0.568. The summed E-state index contributed by atoms with van der Waals surface area (Å²) in [5.41, 5.74) is 2.41. The Hall–Kier alpha value is -1.71. The highest BCUT2D eigenvalue weighted by atomic mass is 35.5. The van der Waals surface area contributed by atoms with Crippen LogP contribution in [-0.4, -0.2) is 11.5 Å². The summed E-state index contributed by atoms with van der Waals surface area (Å²) >= 11 is 12.1. The van der Waals surface area contributed by atoms with Gasteiger partial charge in [-0.05, 0) is 31.2 Å². The lowest BCUT2D eigenvalue weighted by atomic mass is 10.2. The lowest BCUT2D eigenvalue weighted by Crippen LogP contribution is -2.02. The van der Waals surface area contributed by atoms with Crippen molar-refractivity contribution in [2.24, 2.45) is 0 Å². The Balaban J connectivity index is 2.15. The van der Waals surface area contributed by atoms with E-state index < -0.39 is 0 Å². The van der Waals surface area contributed by atoms with Crippen molar-refractivity contribution in [1.82, 2.24) is 4.98 Å². The molecule has 0 radical (unpaired) electrons. The molecule has 1 heterocycles. The Bertz CT molecular complexity index is 626. The van der Waals surface area contributed by atoms with Gasteiger partial charge in [0.15, 0.2) is 0 Å². The summed E-state index contributed by atoms with van der Waals surface area (Å²) in [4.78, 5) is 4.28. The van der Waals surface area contributed by atoms with Gasteiger partial charge in [0.2, 0.25) is 0 Å². The molecular formula is C15H15Cl2N3. The molecule has 5 heteroatoms. The minimum absolute atomic E-state index is 0.568. The second kappa shape index (κ2) is 6.64. The number of hydrogen-bond acceptors (Lipinski definition) is 3. The predicted molar refractivity (Wildman–Crippen MR) is 87.5 cm³/mol. The van der Waals surface area contributed by atoms with Crippen molar-refractivity contribution < 1.29 is 0 Å². The van der Waals surface area contributed by atoms with Crippen LogP contribution in [0.15, 0.2) is 43.1 Å². The maximum absolute atomic E-state index is 6.17. The van der Waals surface area contributed by atoms with E-state index >= 15 is 0 Å². The molecule has 0 aliphatic carbocycles. The van der Waals surface area contributed by atoms with Gasteiger partial charge in [-0.15, -0.1) is 0 Å². The molecule has 0 atom stereocenters. The van der Waals surface area contributed by atoms with Gasteiger partial charge in [-0.2, -0.15) is 0 Å². The number of rotatable bonds is 5. The molecule has 0 aliphatic heterocycles. The van der Waals surface area contributed by atoms with Gasteiger partial charge < -0.3 is 10.6 Å². The average molecular weight is 308 g/mol. The summed E-state index contributed by atoms with van der Waals surface area (Å²) in [6.45, 7) is 6.76. The lowest BCUT2D eigenvalue weighted by Gasteiger charge is -2.12. The average Bonchev–Trinajstić information content (AvgIpc) is 2.41. The maximum atomic E-state index is 6.17. The number of pyridine rings is 1. The highest BCUT2D eigenvalue weighted by Gasteiger charge is 2.06. The molecule has 0 unspecified atom stereocenters. The van der Waals surface area contributed by atoms with Gasteiger partial charge in [0.25, 0.3) is 0 Å². The molecule has 2 aromatic rings. The molecule has 1 aromatic carbocycles. The van der Waals surface area contributed by atoms with Gasteiger partial charge >= 0.3 is 0 Å². The van der Waals surface area contributed by atoms with Gasteiger partial charge in [0.05, 0.1) is 5.02 Å². The first kappa shape index (κ1) is 14.7. The van der Waals surface area contributed by atoms with Crippen molar-refractivity contribution in [1.29, 1.82) is 0 Å². The maximum Gasteiger partial charge on any atom is 0.144 e. The van der Waals surface area contributed by atoms with E-state index in [0.717, 1.165) is 17.8 Å². The smallest absolute Gasteiger partial charge is 0.144 e. The fourth-order valence-corrected chi connectivity index (χ4v) is 2.14. The minimum Gasteiger partial charge on any atom is -0.369 e. The van der Waals surface area contributed by atoms with Gasteiger partial charge in [-0.3, -0.25) is 0 Å². The molecule has 0 aliphatic rings. The van der Waals surface area contributed by atoms with E-state index in [9.17, 15) is 0 Å². The Morgan fingerprint density at radius 2 is 2.10 bits per heavy atom. The third-order valence-electron chi connectivity index (χ3n) is 2.65. The van der Waals surface area contributed by atoms with Crippen LogP contribution in [0, 0.1) is 0 Å². The number of nitrogens with zero attached hydrogens (tertiary/aromatic N) is 1. The molecule has 0 fully saturated rings. The molecular weight excluding hydrogens is 293 g/mol. The highest BCUT2D eigenvalue weighted by molar-refractivity contribution is 6.33. The first-order chi connectivity index (χ1) is 9.60. The van der Waals surface area contributed by atoms with Crippen LogP contribution in [0.1, 0.15) is 12.5 Å². The zero-order chi connectivity index (χ0) is 14.5. The van der Waals surface area contributed by atoms with Gasteiger partial charge in [0, 0.05) is 34.7 Å². The van der Waals surface area contributed by atoms with Crippen molar-refractivity contribution in [3.63, 3.8) is 0 Å². The van der Waals surface area contributed by atoms with Crippen molar-refractivity contribution >= 4 is 40.4 Å². The third kappa shape index (κ3) is 3.65. The van der Waals surface area contributed by atoms with Crippen molar-refractivity contribution in [2.45, 2.75) is 6.92 Å². The number of benzene rings is 1. The topological polar surface area (TPSA) is 37.0 Å². The largest absolute Gasteiger partial charge is 0.369 e. The van der Waals surface area contributed by atoms with E-state index in [1.54, 1.807) is 6.20 Å². The summed E-state index contributed by atoms with van der Waals surface area (Å²) in [5, 5.41) is 7.50. The molecule has 104 valence electrons. The van der Waals surface area contributed by atoms with Gasteiger partial charge in [-0.1, -0.05) is 35.8 Å². The van der Waals surface area contributed by atoms with Crippen LogP contribution < -0.4 is 10.6 Å². The lowest BCUT2D eigenvalue weighted by molar-refractivity contribution is 1.16. The Morgan fingerprint density at radius 1 is 1.30 bits per heavy atom. The zero-order valence-electron chi connectivity index (χ0n) is 11.1. The van der Waals surface area contributed by atoms with E-state index in [1.807, 2.05) is 37.3 Å². The molecule has 0 saturated heterocycles. The number of halogens is 2. The summed E-state index contributed by atoms with van der Waals surface area (Å²) in [6, 6.07) is 9.26. The van der Waals surface area contributed by atoms with Crippen molar-refractivity contribution in [3.8, 4) is 0 Å². The van der Waals surface area contributed by atoms with Crippen LogP contribution in [0.2, 0.25) is 10.0 Å². The molecule has 2 N–H and O–H groups in total. The summed E-state index contributed by atoms with van der Waals surface area (Å²) in [7, 11) is 0. The molecule has 3 nitrogen and oxygen atoms in total. The van der Waals surface area contributed by atoms with Crippen LogP contribution in [0.5, 0.6) is 0 Å². The van der Waals surface area contributed by atoms with E-state index in [4.69, 9.17) is 23.2 Å². The number of nitrogens with one attached hydrogen (secondary N) is 2. The number of aromatic nitrogens is 1. The molecule has 0 bridgehead atoms. The molecule has 2 rings (SSSR count). The quantitative estimate of drug-likeness (QED) is 0.824. The third-order valence-corrected chi connectivity index (χ3v) is 3.18. The molecule has 0 spiro atoms. The molecule has 20 heavy (non-hydrogen) atoms. The highest BCUT2D eigenvalue weighted by Crippen LogP contribution is 2.25. The summed E-state index contributed by atoms with van der Waals surface area (Å²) in [6.07, 6.45) is 1.73. The summed E-state index contributed by atoms with van der Waals surface area (Å²) < 4.78 is 0. The molecule has 0 amide bonds. The standard InChI is InChI=1S/C15H15Cl2N3/c1-3-18-15-14(17)7-11(9-19-15)10(2)20-13-6-4-5-12(16)8-13/h4-9,20H,2-3H2,1H3,(H,18,19). The molecule has 0 saturated carbocycles. The second-order valence-corrected chi connectivity index (χ2v) is 5.04. The van der Waals surface area contributed by atoms with Crippen LogP contribution in [-0.2, 0) is 0 Å². The Kier molecular flexibility index (Phi) is 4.88. The number of anilines is 2. The Morgan fingerprint density at radius 3 is 2.75 bits per heavy atom. The number of hydrogen-bond donors (Lipinski definition) is 2. The Labute approximate surface area is 128 Å². The fourth-order valence-electron chi connectivity index (χ4n) is 1.71. The monoisotopic (exact) mass is 307 g/mol. The van der Waals surface area contributed by atoms with Gasteiger partial charge in [-0.25, -0.2) is 4.98 Å². The van der Waals surface area contributed by atoms with Gasteiger partial charge in [0.1, 0.15) is 5.82 Å². The van der Waals surface area contributed by atoms with Crippen LogP contribution >= 0.6 is 23.2 Å².